The molecule has 0 spiro atoms. The van der Waals surface area contributed by atoms with Gasteiger partial charge in [-0.25, -0.2) is 9.18 Å². The highest BCUT2D eigenvalue weighted by molar-refractivity contribution is 6.53. The minimum Gasteiger partial charge on any atom is -0.505 e. The van der Waals surface area contributed by atoms with Crippen molar-refractivity contribution in [3.63, 3.8) is 0 Å². The van der Waals surface area contributed by atoms with Gasteiger partial charge in [0.15, 0.2) is 21.3 Å². The van der Waals surface area contributed by atoms with Crippen LogP contribution in [0.2, 0.25) is 0 Å². The lowest BCUT2D eigenvalue weighted by molar-refractivity contribution is -0.138. The summed E-state index contributed by atoms with van der Waals surface area (Å²) in [5.74, 6) is -9.83. The molecule has 1 saturated carbocycles. The molecule has 9 nitrogen and oxygen atoms in total. The highest BCUT2D eigenvalue weighted by atomic mass is 35.5. The van der Waals surface area contributed by atoms with Crippen molar-refractivity contribution >= 4 is 58.5 Å². The zero-order valence-corrected chi connectivity index (χ0v) is 22.3. The number of allylic oxidation sites excluding steroid dienone is 2. The number of carboxylic acid groups (broad SMARTS) is 1. The molecule has 0 unspecified atom stereocenters. The molecule has 2 saturated heterocycles. The van der Waals surface area contributed by atoms with Crippen molar-refractivity contribution < 1.29 is 38.6 Å². The number of nitrogens with zero attached hydrogens (tertiary/aromatic N) is 2. The van der Waals surface area contributed by atoms with Gasteiger partial charge in [-0.1, -0.05) is 29.8 Å². The number of alkyl halides is 2. The minimum atomic E-state index is -2.15. The molecule has 2 aliphatic heterocycles. The summed E-state index contributed by atoms with van der Waals surface area (Å²) in [5.41, 5.74) is 0.289. The van der Waals surface area contributed by atoms with Gasteiger partial charge in [-0.2, -0.15) is 0 Å². The lowest BCUT2D eigenvalue weighted by Gasteiger charge is -2.50. The molecule has 2 heterocycles. The fourth-order valence-corrected chi connectivity index (χ4v) is 7.90. The normalized spacial score (nSPS) is 33.0. The van der Waals surface area contributed by atoms with Gasteiger partial charge in [0, 0.05) is 18.5 Å². The molecule has 40 heavy (non-hydrogen) atoms. The van der Waals surface area contributed by atoms with Crippen molar-refractivity contribution in [3.05, 3.63) is 71.1 Å². The Bertz CT molecular complexity index is 1590. The third-order valence-electron chi connectivity index (χ3n) is 8.69. The van der Waals surface area contributed by atoms with Crippen molar-refractivity contribution in [2.24, 2.45) is 17.8 Å². The molecule has 2 N–H and O–H groups in total. The fourth-order valence-electron chi connectivity index (χ4n) is 6.89. The van der Waals surface area contributed by atoms with E-state index in [0.717, 1.165) is 15.9 Å². The Morgan fingerprint density at radius 1 is 1.02 bits per heavy atom. The summed E-state index contributed by atoms with van der Waals surface area (Å²) in [7, 11) is 1.22. The smallest absolute Gasteiger partial charge is 0.335 e. The first-order chi connectivity index (χ1) is 18.8. The van der Waals surface area contributed by atoms with Gasteiger partial charge in [0.1, 0.15) is 0 Å². The largest absolute Gasteiger partial charge is 0.505 e. The number of anilines is 1. The molecular weight excluding hydrogens is 566 g/mol. The number of phenols is 1. The van der Waals surface area contributed by atoms with E-state index in [9.17, 15) is 38.6 Å². The maximum Gasteiger partial charge on any atom is 0.335 e. The predicted molar refractivity (Wildman–Crippen MR) is 139 cm³/mol. The summed E-state index contributed by atoms with van der Waals surface area (Å²) in [6, 6.07) is 9.14. The van der Waals surface area contributed by atoms with Crippen molar-refractivity contribution in [2.75, 3.05) is 11.9 Å². The number of hydrogen-bond acceptors (Lipinski definition) is 6. The van der Waals surface area contributed by atoms with Crippen molar-refractivity contribution in [2.45, 2.75) is 28.5 Å². The molecule has 0 bridgehead atoms. The van der Waals surface area contributed by atoms with Gasteiger partial charge in [0.2, 0.25) is 11.8 Å². The second-order valence-electron chi connectivity index (χ2n) is 10.5. The Balaban J connectivity index is 1.52. The molecule has 2 aliphatic carbocycles. The number of rotatable bonds is 3. The van der Waals surface area contributed by atoms with Crippen LogP contribution in [0.5, 0.6) is 5.75 Å². The highest BCUT2D eigenvalue weighted by Crippen LogP contribution is 2.66. The van der Waals surface area contributed by atoms with Crippen LogP contribution < -0.4 is 4.90 Å². The summed E-state index contributed by atoms with van der Waals surface area (Å²) >= 11 is 14.0. The second-order valence-corrected chi connectivity index (χ2v) is 11.8. The number of para-hydroxylation sites is 1. The monoisotopic (exact) mass is 586 g/mol. The van der Waals surface area contributed by atoms with Crippen LogP contribution in [0.25, 0.3) is 0 Å². The fraction of sp³-hybridized carbons (Fsp3) is 0.321. The molecule has 2 aromatic rings. The number of imide groups is 2. The van der Waals surface area contributed by atoms with Crippen LogP contribution in [0.4, 0.5) is 10.1 Å². The SMILES string of the molecule is CN1C(=O)[C@]2(Cl)C[C@@H]3C(=CC[C@@H]4C(=O)N(c5cccc(C(=O)O)c5)C(=O)[C@@H]43)[C@H](c3cccc(F)c3O)[C@]2(Cl)C1=O. The number of likely N-dealkylation sites (tertiary alicyclic amines) is 1. The molecule has 6 rings (SSSR count). The van der Waals surface area contributed by atoms with E-state index in [2.05, 4.69) is 0 Å². The number of carbonyl (C=O) groups excluding carboxylic acids is 4. The molecule has 0 aromatic heterocycles. The van der Waals surface area contributed by atoms with E-state index >= 15 is 0 Å². The van der Waals surface area contributed by atoms with Crippen LogP contribution in [-0.4, -0.2) is 61.5 Å². The van der Waals surface area contributed by atoms with Crippen LogP contribution in [0.3, 0.4) is 0 Å². The number of phenolic OH excluding ortho intramolecular Hbond substituents is 1. The first kappa shape index (κ1) is 26.5. The first-order valence-electron chi connectivity index (χ1n) is 12.4. The average Bonchev–Trinajstić information content (AvgIpc) is 3.25. The van der Waals surface area contributed by atoms with E-state index in [1.165, 1.54) is 43.4 Å². The van der Waals surface area contributed by atoms with Crippen molar-refractivity contribution in [1.82, 2.24) is 4.90 Å². The first-order valence-corrected chi connectivity index (χ1v) is 13.2. The summed E-state index contributed by atoms with van der Waals surface area (Å²) in [6.07, 6.45) is 1.44. The summed E-state index contributed by atoms with van der Waals surface area (Å²) in [4.78, 5) is 63.4. The predicted octanol–water partition coefficient (Wildman–Crippen LogP) is 3.42. The maximum absolute atomic E-state index is 14.6. The van der Waals surface area contributed by atoms with Gasteiger partial charge in [-0.3, -0.25) is 29.0 Å². The molecule has 6 atom stereocenters. The molecule has 4 aliphatic rings. The van der Waals surface area contributed by atoms with Crippen LogP contribution in [-0.2, 0) is 19.2 Å². The molecular formula is C28H21Cl2FN2O7. The topological polar surface area (TPSA) is 132 Å². The minimum absolute atomic E-state index is 0.0585. The Kier molecular flexibility index (Phi) is 5.70. The Morgan fingerprint density at radius 2 is 1.73 bits per heavy atom. The van der Waals surface area contributed by atoms with Crippen molar-refractivity contribution in [1.29, 1.82) is 0 Å². The molecule has 4 amide bonds. The number of amides is 4. The Labute approximate surface area is 236 Å². The number of halogens is 3. The van der Waals surface area contributed by atoms with E-state index in [4.69, 9.17) is 23.2 Å². The molecule has 3 fully saturated rings. The van der Waals surface area contributed by atoms with Gasteiger partial charge < -0.3 is 10.2 Å². The molecule has 206 valence electrons. The zero-order chi connectivity index (χ0) is 28.9. The maximum atomic E-state index is 14.6. The number of aromatic hydroxyl groups is 1. The summed E-state index contributed by atoms with van der Waals surface area (Å²) in [6.45, 7) is 0. The van der Waals surface area contributed by atoms with E-state index in [-0.39, 0.29) is 29.7 Å². The Morgan fingerprint density at radius 3 is 2.42 bits per heavy atom. The molecule has 12 heteroatoms. The van der Waals surface area contributed by atoms with E-state index in [1.807, 2.05) is 0 Å². The number of hydrogen-bond donors (Lipinski definition) is 2. The van der Waals surface area contributed by atoms with Crippen LogP contribution >= 0.6 is 23.2 Å². The van der Waals surface area contributed by atoms with Gasteiger partial charge in [-0.05, 0) is 43.0 Å². The third kappa shape index (κ3) is 3.17. The molecule has 2 aromatic carbocycles. The van der Waals surface area contributed by atoms with Crippen molar-refractivity contribution in [3.8, 4) is 5.75 Å². The quantitative estimate of drug-likeness (QED) is 0.320. The van der Waals surface area contributed by atoms with Gasteiger partial charge in [0.05, 0.1) is 23.1 Å². The van der Waals surface area contributed by atoms with E-state index in [0.29, 0.717) is 5.57 Å². The van der Waals surface area contributed by atoms with E-state index in [1.54, 1.807) is 6.08 Å². The average molecular weight is 587 g/mol. The second kappa shape index (κ2) is 8.62. The molecule has 0 radical (unpaired) electrons. The highest BCUT2D eigenvalue weighted by Gasteiger charge is 2.76. The van der Waals surface area contributed by atoms with Gasteiger partial charge in [0.25, 0.3) is 11.8 Å². The zero-order valence-electron chi connectivity index (χ0n) is 20.8. The summed E-state index contributed by atoms with van der Waals surface area (Å²) < 4.78 is 14.6. The number of fused-ring (bicyclic) bond motifs is 4. The number of carboxylic acids is 1. The van der Waals surface area contributed by atoms with Gasteiger partial charge >= 0.3 is 5.97 Å². The Hall–Kier alpha value is -3.76. The number of aromatic carboxylic acids is 1. The van der Waals surface area contributed by atoms with Crippen LogP contribution in [0, 0.1) is 23.6 Å². The van der Waals surface area contributed by atoms with E-state index < -0.39 is 74.6 Å². The number of benzene rings is 2. The lowest BCUT2D eigenvalue weighted by Crippen LogP contribution is -2.60. The standard InChI is InChI=1S/C28H21Cl2FN2O7/c1-32-25(39)27(29)11-17-14(20(28(27,30)26(32)40)16-6-3-7-18(31)21(16)34)8-9-15-19(17)23(36)33(22(15)35)13-5-2-4-12(10-13)24(37)38/h2-8,10,15,17,19-20,34H,9,11H2,1H3,(H,37,38)/t15-,17+,19-,20+,27+,28-/m0/s1. The third-order valence-corrected chi connectivity index (χ3v) is 10.1. The lowest BCUT2D eigenvalue weighted by atomic mass is 9.56. The number of carbonyl (C=O) groups is 5. The van der Waals surface area contributed by atoms with Crippen LogP contribution in [0.15, 0.2) is 54.1 Å². The summed E-state index contributed by atoms with van der Waals surface area (Å²) in [5, 5.41) is 20.1. The van der Waals surface area contributed by atoms with Crippen LogP contribution in [0.1, 0.15) is 34.7 Å². The van der Waals surface area contributed by atoms with Gasteiger partial charge in [-0.15, -0.1) is 23.2 Å².